The molecule has 25 heavy (non-hydrogen) atoms. The summed E-state index contributed by atoms with van der Waals surface area (Å²) in [4.78, 5) is 0. The third kappa shape index (κ3) is 2.30. The Bertz CT molecular complexity index is 508. The van der Waals surface area contributed by atoms with Crippen molar-refractivity contribution in [3.8, 4) is 0 Å². The molecule has 12 atom stereocenters. The van der Waals surface area contributed by atoms with Crippen molar-refractivity contribution in [1.82, 2.24) is 0 Å². The van der Waals surface area contributed by atoms with Crippen molar-refractivity contribution < 1.29 is 0 Å². The van der Waals surface area contributed by atoms with Crippen LogP contribution in [0.2, 0.25) is 0 Å². The van der Waals surface area contributed by atoms with Gasteiger partial charge in [-0.15, -0.1) is 0 Å². The molecule has 7 fully saturated rings. The van der Waals surface area contributed by atoms with Gasteiger partial charge in [0.05, 0.1) is 0 Å². The Morgan fingerprint density at radius 3 is 1.96 bits per heavy atom. The monoisotopic (exact) mass is 342 g/mol. The van der Waals surface area contributed by atoms with E-state index in [1.54, 1.807) is 64.2 Å². The number of hydrogen-bond acceptors (Lipinski definition) is 0. The molecule has 0 spiro atoms. The van der Waals surface area contributed by atoms with Crippen LogP contribution in [-0.4, -0.2) is 0 Å². The molecule has 7 rings (SSSR count). The summed E-state index contributed by atoms with van der Waals surface area (Å²) in [5, 5.41) is 0. The van der Waals surface area contributed by atoms with Crippen LogP contribution in [0.5, 0.6) is 0 Å². The minimum absolute atomic E-state index is 0. The highest BCUT2D eigenvalue weighted by Gasteiger charge is 2.61. The van der Waals surface area contributed by atoms with E-state index < -0.39 is 0 Å². The summed E-state index contributed by atoms with van der Waals surface area (Å²) in [6, 6.07) is 0. The fraction of sp³-hybridized carbons (Fsp3) is 1.00. The van der Waals surface area contributed by atoms with E-state index in [2.05, 4.69) is 13.8 Å². The second kappa shape index (κ2) is 6.00. The fourth-order valence-electron chi connectivity index (χ4n) is 10.3. The summed E-state index contributed by atoms with van der Waals surface area (Å²) in [5.41, 5.74) is 0. The number of fused-ring (bicyclic) bond motifs is 14. The molecule has 6 bridgehead atoms. The molecule has 7 saturated carbocycles. The van der Waals surface area contributed by atoms with Gasteiger partial charge in [0.2, 0.25) is 0 Å². The molecule has 0 saturated heterocycles. The van der Waals surface area contributed by atoms with Crippen LogP contribution in [0.1, 0.15) is 85.5 Å². The maximum atomic E-state index is 2.52. The van der Waals surface area contributed by atoms with Gasteiger partial charge in [0.15, 0.2) is 0 Å². The molecule has 7 aliphatic rings. The Hall–Kier alpha value is 0. The summed E-state index contributed by atoms with van der Waals surface area (Å²) in [5.74, 6) is 14.0. The van der Waals surface area contributed by atoms with Crippen LogP contribution in [0.3, 0.4) is 0 Å². The van der Waals surface area contributed by atoms with Crippen LogP contribution < -0.4 is 0 Å². The SMILES string of the molecule is C.CC1CC2CC1C1C3CCC(C3)C21.CC1CC2CC1C1CCCC21. The van der Waals surface area contributed by atoms with Gasteiger partial charge in [0.25, 0.3) is 0 Å². The van der Waals surface area contributed by atoms with Gasteiger partial charge in [-0.3, -0.25) is 0 Å². The molecule has 0 heterocycles. The molecule has 0 radical (unpaired) electrons. The van der Waals surface area contributed by atoms with Crippen molar-refractivity contribution in [2.24, 2.45) is 71.0 Å². The first-order valence-electron chi connectivity index (χ1n) is 11.7. The summed E-state index contributed by atoms with van der Waals surface area (Å²) in [6.07, 6.45) is 15.9. The molecule has 142 valence electrons. The van der Waals surface area contributed by atoms with Gasteiger partial charge >= 0.3 is 0 Å². The molecule has 0 aromatic heterocycles. The van der Waals surface area contributed by atoms with Gasteiger partial charge < -0.3 is 0 Å². The smallest absolute Gasteiger partial charge is 0.0321 e. The second-order valence-corrected chi connectivity index (χ2v) is 11.5. The lowest BCUT2D eigenvalue weighted by molar-refractivity contribution is 0.112. The van der Waals surface area contributed by atoms with Crippen molar-refractivity contribution in [2.75, 3.05) is 0 Å². The van der Waals surface area contributed by atoms with E-state index in [1.165, 1.54) is 53.3 Å². The van der Waals surface area contributed by atoms with E-state index in [0.717, 1.165) is 17.8 Å². The van der Waals surface area contributed by atoms with Gasteiger partial charge in [-0.2, -0.15) is 0 Å². The number of hydrogen-bond donors (Lipinski definition) is 0. The van der Waals surface area contributed by atoms with E-state index in [1.807, 2.05) is 0 Å². The van der Waals surface area contributed by atoms with Crippen molar-refractivity contribution in [3.63, 3.8) is 0 Å². The Kier molecular flexibility index (Phi) is 4.11. The average molecular weight is 343 g/mol. The van der Waals surface area contributed by atoms with Gasteiger partial charge in [-0.25, -0.2) is 0 Å². The first kappa shape index (κ1) is 17.1. The molecule has 0 aliphatic heterocycles. The van der Waals surface area contributed by atoms with Gasteiger partial charge in [0, 0.05) is 0 Å². The predicted molar refractivity (Wildman–Crippen MR) is 106 cm³/mol. The zero-order chi connectivity index (χ0) is 16.0. The molecule has 0 aromatic rings. The molecule has 7 aliphatic carbocycles. The highest BCUT2D eigenvalue weighted by atomic mass is 14.7. The summed E-state index contributed by atoms with van der Waals surface area (Å²) < 4.78 is 0. The van der Waals surface area contributed by atoms with Crippen LogP contribution in [0.4, 0.5) is 0 Å². The third-order valence-corrected chi connectivity index (χ3v) is 10.8. The lowest BCUT2D eigenvalue weighted by atomic mass is 9.68. The summed E-state index contributed by atoms with van der Waals surface area (Å²) >= 11 is 0. The number of rotatable bonds is 0. The van der Waals surface area contributed by atoms with Crippen LogP contribution in [0.25, 0.3) is 0 Å². The normalized spacial score (nSPS) is 61.7. The molecule has 0 nitrogen and oxygen atoms in total. The predicted octanol–water partition coefficient (Wildman–Crippen LogP) is 7.04. The quantitative estimate of drug-likeness (QED) is 0.414. The van der Waals surface area contributed by atoms with Crippen LogP contribution in [-0.2, 0) is 0 Å². The second-order valence-electron chi connectivity index (χ2n) is 11.5. The highest BCUT2D eigenvalue weighted by molar-refractivity contribution is 5.10. The topological polar surface area (TPSA) is 0 Å². The van der Waals surface area contributed by atoms with Crippen LogP contribution in [0.15, 0.2) is 0 Å². The third-order valence-electron chi connectivity index (χ3n) is 10.8. The lowest BCUT2D eigenvalue weighted by Gasteiger charge is -2.37. The minimum atomic E-state index is 0. The van der Waals surface area contributed by atoms with Crippen LogP contribution >= 0.6 is 0 Å². The molecule has 12 unspecified atom stereocenters. The van der Waals surface area contributed by atoms with Crippen molar-refractivity contribution in [3.05, 3.63) is 0 Å². The maximum absolute atomic E-state index is 2.52. The van der Waals surface area contributed by atoms with Gasteiger partial charge in [0.1, 0.15) is 0 Å². The van der Waals surface area contributed by atoms with Gasteiger partial charge in [-0.1, -0.05) is 27.7 Å². The first-order chi connectivity index (χ1) is 11.7. The van der Waals surface area contributed by atoms with Crippen molar-refractivity contribution >= 4 is 0 Å². The molecule has 0 aromatic carbocycles. The van der Waals surface area contributed by atoms with E-state index in [9.17, 15) is 0 Å². The Morgan fingerprint density at radius 2 is 1.12 bits per heavy atom. The Labute approximate surface area is 156 Å². The summed E-state index contributed by atoms with van der Waals surface area (Å²) in [6.45, 7) is 5.01. The van der Waals surface area contributed by atoms with Crippen LogP contribution in [0, 0.1) is 71.0 Å². The van der Waals surface area contributed by atoms with E-state index in [0.29, 0.717) is 0 Å². The Morgan fingerprint density at radius 1 is 0.480 bits per heavy atom. The first-order valence-corrected chi connectivity index (χ1v) is 11.7. The molecule has 0 heteroatoms. The standard InChI is InChI=1S/C13H20.C11H18.CH4/c1-7-4-10-6-11(7)13-9-3-2-8(5-9)12(10)13;1-7-5-8-6-11(7)10-4-2-3-9(8)10;/h7-13H,2-6H2,1H3;7-11H,2-6H2,1H3;1H4. The largest absolute Gasteiger partial charge is 0.0776 e. The zero-order valence-corrected chi connectivity index (χ0v) is 16.0. The van der Waals surface area contributed by atoms with Crippen molar-refractivity contribution in [2.45, 2.75) is 85.5 Å². The van der Waals surface area contributed by atoms with E-state index >= 15 is 0 Å². The maximum Gasteiger partial charge on any atom is -0.0321 e. The molecular weight excluding hydrogens is 300 g/mol. The summed E-state index contributed by atoms with van der Waals surface area (Å²) in [7, 11) is 0. The zero-order valence-electron chi connectivity index (χ0n) is 16.0. The lowest BCUT2D eigenvalue weighted by Crippen LogP contribution is -2.31. The molecular formula is C25H42. The van der Waals surface area contributed by atoms with Crippen molar-refractivity contribution in [1.29, 1.82) is 0 Å². The molecule has 0 N–H and O–H groups in total. The van der Waals surface area contributed by atoms with E-state index in [4.69, 9.17) is 0 Å². The highest BCUT2D eigenvalue weighted by Crippen LogP contribution is 2.68. The van der Waals surface area contributed by atoms with E-state index in [-0.39, 0.29) is 7.43 Å². The minimum Gasteiger partial charge on any atom is -0.0776 e. The molecule has 0 amide bonds. The average Bonchev–Trinajstić information content (AvgIpc) is 3.35. The Balaban J connectivity index is 0.000000109. The van der Waals surface area contributed by atoms with Gasteiger partial charge in [-0.05, 0) is 129 Å². The fourth-order valence-corrected chi connectivity index (χ4v) is 10.3.